The number of carbonyl (C=O) groups is 2. The van der Waals surface area contributed by atoms with Crippen LogP contribution in [-0.2, 0) is 48.8 Å². The van der Waals surface area contributed by atoms with Crippen molar-refractivity contribution in [3.05, 3.63) is 104 Å². The smallest absolute Gasteiger partial charge is 0.385 e. The molecule has 1 spiro atoms. The van der Waals surface area contributed by atoms with Crippen LogP contribution >= 0.6 is 23.2 Å². The Balaban J connectivity index is 1.20. The van der Waals surface area contributed by atoms with E-state index in [0.717, 1.165) is 19.3 Å². The van der Waals surface area contributed by atoms with Gasteiger partial charge in [0.15, 0.2) is 0 Å². The maximum atomic E-state index is 13.8. The van der Waals surface area contributed by atoms with E-state index >= 15 is 0 Å². The number of piperidine rings is 1. The van der Waals surface area contributed by atoms with Crippen molar-refractivity contribution in [2.45, 2.75) is 61.6 Å². The van der Waals surface area contributed by atoms with E-state index in [4.69, 9.17) is 37.4 Å². The second-order valence-corrected chi connectivity index (χ2v) is 15.9. The Kier molecular flexibility index (Phi) is 13.2. The van der Waals surface area contributed by atoms with Crippen LogP contribution in [0.5, 0.6) is 0 Å². The summed E-state index contributed by atoms with van der Waals surface area (Å²) in [6.45, 7) is 2.66. The highest BCUT2D eigenvalue weighted by molar-refractivity contribution is 6.42. The van der Waals surface area contributed by atoms with Gasteiger partial charge in [-0.05, 0) is 92.2 Å². The largest absolute Gasteiger partial charge is 0.416 e. The van der Waals surface area contributed by atoms with E-state index in [0.29, 0.717) is 63.3 Å². The average molecular weight is 845 g/mol. The highest BCUT2D eigenvalue weighted by Gasteiger charge is 2.50. The third-order valence-electron chi connectivity index (χ3n) is 11.6. The molecule has 0 aromatic heterocycles. The molecule has 16 heteroatoms. The van der Waals surface area contributed by atoms with Gasteiger partial charge in [-0.1, -0.05) is 53.5 Å². The summed E-state index contributed by atoms with van der Waals surface area (Å²) in [6, 6.07) is 14.1. The van der Waals surface area contributed by atoms with E-state index in [2.05, 4.69) is 17.0 Å². The van der Waals surface area contributed by atoms with Crippen LogP contribution in [0.2, 0.25) is 10.0 Å². The zero-order valence-corrected chi connectivity index (χ0v) is 33.2. The van der Waals surface area contributed by atoms with Crippen LogP contribution in [0, 0.1) is 0 Å². The fourth-order valence-corrected chi connectivity index (χ4v) is 8.70. The minimum atomic E-state index is -5.11. The number of hydrogen-bond acceptors (Lipinski definition) is 6. The second-order valence-electron chi connectivity index (χ2n) is 15.1. The van der Waals surface area contributed by atoms with E-state index in [1.54, 1.807) is 37.3 Å². The van der Waals surface area contributed by atoms with E-state index in [-0.39, 0.29) is 59.8 Å². The van der Waals surface area contributed by atoms with Crippen molar-refractivity contribution in [3.63, 3.8) is 0 Å². The number of carbonyl (C=O) groups excluding carboxylic acids is 2. The molecular weight excluding hydrogens is 799 g/mol. The minimum absolute atomic E-state index is 0.00126. The third kappa shape index (κ3) is 9.57. The number of likely N-dealkylation sites (N-methyl/N-ethyl adjacent to an activating group) is 1. The number of likely N-dealkylation sites (tertiary alicyclic amines) is 1. The fraction of sp³-hybridized carbons (Fsp3) is 0.512. The van der Waals surface area contributed by atoms with Gasteiger partial charge >= 0.3 is 12.4 Å². The maximum Gasteiger partial charge on any atom is 0.416 e. The monoisotopic (exact) mass is 843 g/mol. The van der Waals surface area contributed by atoms with Gasteiger partial charge in [-0.25, -0.2) is 0 Å². The summed E-state index contributed by atoms with van der Waals surface area (Å²) in [5, 5.41) is 0.496. The van der Waals surface area contributed by atoms with Gasteiger partial charge < -0.3 is 28.9 Å². The van der Waals surface area contributed by atoms with Gasteiger partial charge in [-0.2, -0.15) is 26.3 Å². The third-order valence-corrected chi connectivity index (χ3v) is 12.3. The number of benzene rings is 3. The number of methoxy groups -OCH3 is 1. The molecule has 0 unspecified atom stereocenters. The summed E-state index contributed by atoms with van der Waals surface area (Å²) in [4.78, 5) is 31.9. The van der Waals surface area contributed by atoms with E-state index in [9.17, 15) is 35.9 Å². The molecule has 1 aliphatic carbocycles. The fourth-order valence-electron chi connectivity index (χ4n) is 8.40. The van der Waals surface area contributed by atoms with Gasteiger partial charge in [-0.15, -0.1) is 0 Å². The predicted octanol–water partition coefficient (Wildman–Crippen LogP) is 8.26. The predicted molar refractivity (Wildman–Crippen MR) is 202 cm³/mol. The van der Waals surface area contributed by atoms with Gasteiger partial charge in [-0.3, -0.25) is 9.59 Å². The minimum Gasteiger partial charge on any atom is -0.385 e. The molecule has 3 aliphatic rings. The van der Waals surface area contributed by atoms with Gasteiger partial charge in [0, 0.05) is 51.4 Å². The molecule has 3 aromatic rings. The molecule has 0 saturated carbocycles. The highest BCUT2D eigenvalue weighted by atomic mass is 35.5. The first-order valence-electron chi connectivity index (χ1n) is 18.8. The first-order chi connectivity index (χ1) is 27.0. The van der Waals surface area contributed by atoms with Crippen LogP contribution in [0.3, 0.4) is 0 Å². The summed E-state index contributed by atoms with van der Waals surface area (Å²) in [7, 11) is 3.37. The summed E-state index contributed by atoms with van der Waals surface area (Å²) >= 11 is 12.7. The van der Waals surface area contributed by atoms with Crippen LogP contribution in [0.4, 0.5) is 26.3 Å². The lowest BCUT2D eigenvalue weighted by atomic mass is 9.72. The summed E-state index contributed by atoms with van der Waals surface area (Å²) in [5.74, 6) is -1.08. The molecule has 2 amide bonds. The molecule has 57 heavy (non-hydrogen) atoms. The normalized spacial score (nSPS) is 21.2. The molecule has 2 fully saturated rings. The zero-order chi connectivity index (χ0) is 41.2. The topological polar surface area (TPSA) is 71.5 Å². The van der Waals surface area contributed by atoms with E-state index in [1.807, 2.05) is 12.1 Å². The number of morpholine rings is 1. The number of fused-ring (bicyclic) bond motifs is 2. The van der Waals surface area contributed by atoms with Gasteiger partial charge in [0.25, 0.3) is 5.91 Å². The average Bonchev–Trinajstić information content (AvgIpc) is 3.48. The number of halogens is 8. The molecule has 0 N–H and O–H groups in total. The lowest BCUT2D eigenvalue weighted by molar-refractivity contribution is -0.143. The molecular formula is C41H45Cl2F6N3O5. The molecule has 2 atom stereocenters. The number of hydrogen-bond donors (Lipinski definition) is 0. The summed E-state index contributed by atoms with van der Waals surface area (Å²) < 4.78 is 100. The van der Waals surface area contributed by atoms with Crippen LogP contribution in [0.1, 0.15) is 63.9 Å². The van der Waals surface area contributed by atoms with Crippen molar-refractivity contribution in [2.75, 3.05) is 73.2 Å². The molecule has 6 rings (SSSR count). The Hall–Kier alpha value is -3.40. The van der Waals surface area contributed by atoms with Crippen LogP contribution in [0.15, 0.2) is 60.7 Å². The van der Waals surface area contributed by atoms with Crippen LogP contribution < -0.4 is 0 Å². The highest BCUT2D eigenvalue weighted by Crippen LogP contribution is 2.48. The lowest BCUT2D eigenvalue weighted by Crippen LogP contribution is -2.54. The van der Waals surface area contributed by atoms with Crippen molar-refractivity contribution in [2.24, 2.45) is 0 Å². The van der Waals surface area contributed by atoms with Crippen molar-refractivity contribution < 1.29 is 50.1 Å². The lowest BCUT2D eigenvalue weighted by Gasteiger charge is -2.46. The number of ether oxygens (including phenoxy) is 3. The second kappa shape index (κ2) is 17.4. The SMILES string of the molecule is COCCCN(C)C(=O)CO[C@H]1Cc2ccccc2C12CCN(CC[C@@]1(c3ccc(Cl)c(Cl)c3)CN(C(=O)c3cc(C(F)(F)F)cc(C(F)(F)F)c3)CCO1)CC2. The van der Waals surface area contributed by atoms with Gasteiger partial charge in [0.2, 0.25) is 5.91 Å². The standard InChI is InChI=1S/C41H45Cl2F6N3O5/c1-50(13-5-18-55-2)36(53)25-56-35-22-27-6-3-4-7-32(27)38(35)10-14-51(15-11-38)16-12-39(29-8-9-33(42)34(43)24-29)26-52(17-19-57-39)37(54)28-20-30(40(44,45)46)23-31(21-28)41(47,48)49/h3-4,6-9,20-21,23-24,35H,5,10-19,22,25-26H2,1-2H3/t35-,39-/m0/s1. The molecule has 3 aromatic carbocycles. The van der Waals surface area contributed by atoms with Crippen LogP contribution in [0.25, 0.3) is 0 Å². The van der Waals surface area contributed by atoms with Crippen molar-refractivity contribution in [1.29, 1.82) is 0 Å². The molecule has 2 heterocycles. The van der Waals surface area contributed by atoms with Crippen molar-refractivity contribution >= 4 is 35.0 Å². The molecule has 0 bridgehead atoms. The molecule has 0 radical (unpaired) electrons. The van der Waals surface area contributed by atoms with Gasteiger partial charge in [0.05, 0.1) is 40.4 Å². The summed E-state index contributed by atoms with van der Waals surface area (Å²) in [5.41, 5.74) is -2.41. The maximum absolute atomic E-state index is 13.8. The molecule has 8 nitrogen and oxygen atoms in total. The Morgan fingerprint density at radius 3 is 2.26 bits per heavy atom. The number of nitrogens with zero attached hydrogens (tertiary/aromatic N) is 3. The number of alkyl halides is 6. The van der Waals surface area contributed by atoms with Gasteiger partial charge in [0.1, 0.15) is 12.2 Å². The number of amides is 2. The molecule has 310 valence electrons. The number of rotatable bonds is 12. The first kappa shape index (κ1) is 43.2. The van der Waals surface area contributed by atoms with E-state index in [1.165, 1.54) is 16.0 Å². The molecule has 2 aliphatic heterocycles. The summed E-state index contributed by atoms with van der Waals surface area (Å²) in [6.07, 6.45) is -7.21. The first-order valence-corrected chi connectivity index (χ1v) is 19.5. The Labute approximate surface area is 337 Å². The van der Waals surface area contributed by atoms with E-state index < -0.39 is 40.6 Å². The van der Waals surface area contributed by atoms with Crippen LogP contribution in [-0.4, -0.2) is 106 Å². The Morgan fingerprint density at radius 2 is 1.61 bits per heavy atom. The Bertz CT molecular complexity index is 1890. The molecule has 2 saturated heterocycles. The Morgan fingerprint density at radius 1 is 0.930 bits per heavy atom. The van der Waals surface area contributed by atoms with Crippen molar-refractivity contribution in [1.82, 2.24) is 14.7 Å². The zero-order valence-electron chi connectivity index (χ0n) is 31.7. The van der Waals surface area contributed by atoms with Crippen molar-refractivity contribution in [3.8, 4) is 0 Å². The quantitative estimate of drug-likeness (QED) is 0.135.